The molecule has 0 aromatic heterocycles. The van der Waals surface area contributed by atoms with E-state index < -0.39 is 6.03 Å². The molecule has 114 valence electrons. The van der Waals surface area contributed by atoms with Crippen LogP contribution in [0.4, 0.5) is 4.79 Å². The average Bonchev–Trinajstić information content (AvgIpc) is 2.54. The minimum atomic E-state index is -0.717. The standard InChI is InChI=1S/C16H17N3O3/c1-21-15-9-13(10-18-19-16(17)20)7-8-14(15)22-11-12-5-3-2-4-6-12/h2-10H,11H2,1H3,(H3,17,19,20)/b18-10+. The quantitative estimate of drug-likeness (QED) is 0.633. The molecule has 0 bridgehead atoms. The summed E-state index contributed by atoms with van der Waals surface area (Å²) in [5, 5.41) is 3.69. The average molecular weight is 299 g/mol. The van der Waals surface area contributed by atoms with Crippen LogP contribution in [0.15, 0.2) is 53.6 Å². The number of ether oxygens (including phenoxy) is 2. The van der Waals surface area contributed by atoms with Gasteiger partial charge in [-0.1, -0.05) is 30.3 Å². The highest BCUT2D eigenvalue weighted by molar-refractivity contribution is 5.82. The Morgan fingerprint density at radius 3 is 2.68 bits per heavy atom. The summed E-state index contributed by atoms with van der Waals surface area (Å²) in [4.78, 5) is 10.5. The number of methoxy groups -OCH3 is 1. The number of urea groups is 1. The summed E-state index contributed by atoms with van der Waals surface area (Å²) < 4.78 is 11.1. The van der Waals surface area contributed by atoms with Gasteiger partial charge in [-0.15, -0.1) is 0 Å². The summed E-state index contributed by atoms with van der Waals surface area (Å²) in [6.45, 7) is 0.452. The van der Waals surface area contributed by atoms with Crippen molar-refractivity contribution in [3.8, 4) is 11.5 Å². The number of nitrogens with two attached hydrogens (primary N) is 1. The molecule has 0 unspecified atom stereocenters. The molecule has 0 heterocycles. The molecular weight excluding hydrogens is 282 g/mol. The van der Waals surface area contributed by atoms with E-state index in [0.29, 0.717) is 18.1 Å². The van der Waals surface area contributed by atoms with Crippen molar-refractivity contribution in [1.82, 2.24) is 5.43 Å². The van der Waals surface area contributed by atoms with Gasteiger partial charge in [0.05, 0.1) is 13.3 Å². The number of carbonyl (C=O) groups excluding carboxylic acids is 1. The van der Waals surface area contributed by atoms with E-state index in [2.05, 4.69) is 10.5 Å². The van der Waals surface area contributed by atoms with E-state index in [1.807, 2.05) is 30.3 Å². The lowest BCUT2D eigenvalue weighted by Gasteiger charge is -2.11. The Kier molecular flexibility index (Phi) is 5.37. The first-order chi connectivity index (χ1) is 10.7. The van der Waals surface area contributed by atoms with Gasteiger partial charge in [0.25, 0.3) is 0 Å². The number of amides is 2. The molecule has 0 saturated heterocycles. The lowest BCUT2D eigenvalue weighted by Crippen LogP contribution is -2.24. The molecule has 0 spiro atoms. The lowest BCUT2D eigenvalue weighted by molar-refractivity contribution is 0.249. The molecule has 6 nitrogen and oxygen atoms in total. The molecule has 2 aromatic rings. The molecule has 0 fully saturated rings. The van der Waals surface area contributed by atoms with Crippen LogP contribution < -0.4 is 20.6 Å². The third-order valence-corrected chi connectivity index (χ3v) is 2.81. The number of hydrazone groups is 1. The highest BCUT2D eigenvalue weighted by Gasteiger charge is 2.05. The predicted molar refractivity (Wildman–Crippen MR) is 84.1 cm³/mol. The van der Waals surface area contributed by atoms with Gasteiger partial charge in [-0.25, -0.2) is 10.2 Å². The zero-order valence-corrected chi connectivity index (χ0v) is 12.2. The minimum absolute atomic E-state index is 0.452. The van der Waals surface area contributed by atoms with Crippen molar-refractivity contribution in [3.05, 3.63) is 59.7 Å². The Balaban J connectivity index is 2.05. The van der Waals surface area contributed by atoms with Crippen molar-refractivity contribution in [2.24, 2.45) is 10.8 Å². The minimum Gasteiger partial charge on any atom is -0.493 e. The second-order valence-corrected chi connectivity index (χ2v) is 4.42. The van der Waals surface area contributed by atoms with Gasteiger partial charge in [0, 0.05) is 0 Å². The molecule has 0 saturated carbocycles. The normalized spacial score (nSPS) is 10.4. The van der Waals surface area contributed by atoms with Crippen LogP contribution in [0.2, 0.25) is 0 Å². The van der Waals surface area contributed by atoms with Crippen LogP contribution >= 0.6 is 0 Å². The van der Waals surface area contributed by atoms with E-state index in [-0.39, 0.29) is 0 Å². The Labute approximate surface area is 128 Å². The third-order valence-electron chi connectivity index (χ3n) is 2.81. The Hall–Kier alpha value is -3.02. The molecule has 3 N–H and O–H groups in total. The second-order valence-electron chi connectivity index (χ2n) is 4.42. The first-order valence-electron chi connectivity index (χ1n) is 6.62. The van der Waals surface area contributed by atoms with Crippen LogP contribution in [0.1, 0.15) is 11.1 Å². The van der Waals surface area contributed by atoms with Crippen LogP contribution in [-0.4, -0.2) is 19.4 Å². The Morgan fingerprint density at radius 1 is 1.23 bits per heavy atom. The van der Waals surface area contributed by atoms with E-state index in [1.165, 1.54) is 6.21 Å². The Bertz CT molecular complexity index is 657. The largest absolute Gasteiger partial charge is 0.493 e. The summed E-state index contributed by atoms with van der Waals surface area (Å²) in [7, 11) is 1.56. The van der Waals surface area contributed by atoms with Crippen LogP contribution in [-0.2, 0) is 6.61 Å². The molecule has 0 aliphatic carbocycles. The number of hydrogen-bond donors (Lipinski definition) is 2. The molecule has 0 aliphatic rings. The number of nitrogens with zero attached hydrogens (tertiary/aromatic N) is 1. The fraction of sp³-hybridized carbons (Fsp3) is 0.125. The molecular formula is C16H17N3O3. The summed E-state index contributed by atoms with van der Waals surface area (Å²) in [6, 6.07) is 14.5. The number of rotatable bonds is 6. The SMILES string of the molecule is COc1cc(/C=N/NC(N)=O)ccc1OCc1ccccc1. The summed E-state index contributed by atoms with van der Waals surface area (Å²) in [5.41, 5.74) is 8.87. The van der Waals surface area contributed by atoms with Crippen molar-refractivity contribution in [3.63, 3.8) is 0 Å². The number of nitrogens with one attached hydrogen (secondary N) is 1. The van der Waals surface area contributed by atoms with E-state index in [9.17, 15) is 4.79 Å². The zero-order chi connectivity index (χ0) is 15.8. The van der Waals surface area contributed by atoms with Gasteiger partial charge in [-0.2, -0.15) is 5.10 Å². The number of carbonyl (C=O) groups is 1. The topological polar surface area (TPSA) is 85.9 Å². The summed E-state index contributed by atoms with van der Waals surface area (Å²) in [6.07, 6.45) is 1.47. The van der Waals surface area contributed by atoms with Crippen LogP contribution in [0.3, 0.4) is 0 Å². The maximum Gasteiger partial charge on any atom is 0.332 e. The number of primary amides is 1. The van der Waals surface area contributed by atoms with Crippen LogP contribution in [0, 0.1) is 0 Å². The van der Waals surface area contributed by atoms with Gasteiger partial charge in [-0.05, 0) is 29.3 Å². The van der Waals surface area contributed by atoms with Crippen molar-refractivity contribution < 1.29 is 14.3 Å². The fourth-order valence-corrected chi connectivity index (χ4v) is 1.79. The van der Waals surface area contributed by atoms with Gasteiger partial charge in [-0.3, -0.25) is 0 Å². The third kappa shape index (κ3) is 4.52. The molecule has 6 heteroatoms. The zero-order valence-electron chi connectivity index (χ0n) is 12.2. The first-order valence-corrected chi connectivity index (χ1v) is 6.62. The number of hydrogen-bond acceptors (Lipinski definition) is 4. The van der Waals surface area contributed by atoms with E-state index >= 15 is 0 Å². The summed E-state index contributed by atoms with van der Waals surface area (Å²) >= 11 is 0. The van der Waals surface area contributed by atoms with Crippen molar-refractivity contribution in [1.29, 1.82) is 0 Å². The smallest absolute Gasteiger partial charge is 0.332 e. The highest BCUT2D eigenvalue weighted by Crippen LogP contribution is 2.28. The molecule has 2 amide bonds. The van der Waals surface area contributed by atoms with Crippen molar-refractivity contribution in [2.75, 3.05) is 7.11 Å². The lowest BCUT2D eigenvalue weighted by atomic mass is 10.2. The van der Waals surface area contributed by atoms with Gasteiger partial charge < -0.3 is 15.2 Å². The number of benzene rings is 2. The van der Waals surface area contributed by atoms with E-state index in [4.69, 9.17) is 15.2 Å². The molecule has 22 heavy (non-hydrogen) atoms. The van der Waals surface area contributed by atoms with Crippen LogP contribution in [0.25, 0.3) is 0 Å². The first kappa shape index (κ1) is 15.4. The molecule has 0 atom stereocenters. The van der Waals surface area contributed by atoms with Gasteiger partial charge in [0.2, 0.25) is 0 Å². The van der Waals surface area contributed by atoms with Crippen molar-refractivity contribution in [2.45, 2.75) is 6.61 Å². The van der Waals surface area contributed by atoms with Gasteiger partial charge in [0.1, 0.15) is 6.61 Å². The molecule has 0 aliphatic heterocycles. The predicted octanol–water partition coefficient (Wildman–Crippen LogP) is 2.28. The fourth-order valence-electron chi connectivity index (χ4n) is 1.79. The maximum absolute atomic E-state index is 10.5. The molecule has 2 aromatic carbocycles. The monoisotopic (exact) mass is 299 g/mol. The molecule has 0 radical (unpaired) electrons. The maximum atomic E-state index is 10.5. The van der Waals surface area contributed by atoms with E-state index in [0.717, 1.165) is 11.1 Å². The summed E-state index contributed by atoms with van der Waals surface area (Å²) in [5.74, 6) is 1.21. The van der Waals surface area contributed by atoms with E-state index in [1.54, 1.807) is 25.3 Å². The van der Waals surface area contributed by atoms with Gasteiger partial charge >= 0.3 is 6.03 Å². The van der Waals surface area contributed by atoms with Crippen LogP contribution in [0.5, 0.6) is 11.5 Å². The van der Waals surface area contributed by atoms with Crippen molar-refractivity contribution >= 4 is 12.2 Å². The molecule has 2 rings (SSSR count). The Morgan fingerprint density at radius 2 is 2.00 bits per heavy atom. The van der Waals surface area contributed by atoms with Gasteiger partial charge in [0.15, 0.2) is 11.5 Å². The highest BCUT2D eigenvalue weighted by atomic mass is 16.5. The second kappa shape index (κ2) is 7.68.